The van der Waals surface area contributed by atoms with Crippen molar-refractivity contribution in [1.82, 2.24) is 15.1 Å². The third-order valence-electron chi connectivity index (χ3n) is 4.47. The maximum Gasteiger partial charge on any atom is 0.237 e. The van der Waals surface area contributed by atoms with Crippen LogP contribution >= 0.6 is 11.6 Å². The van der Waals surface area contributed by atoms with Crippen molar-refractivity contribution in [2.24, 2.45) is 0 Å². The van der Waals surface area contributed by atoms with Gasteiger partial charge in [0.25, 0.3) is 0 Å². The van der Waals surface area contributed by atoms with Crippen molar-refractivity contribution in [2.75, 3.05) is 13.2 Å². The Bertz CT molecular complexity index is 812. The lowest BCUT2D eigenvalue weighted by molar-refractivity contribution is 0.0523. The Morgan fingerprint density at radius 3 is 2.50 bits per heavy atom. The molecule has 6 heteroatoms. The fourth-order valence-electron chi connectivity index (χ4n) is 3.13. The van der Waals surface area contributed by atoms with Gasteiger partial charge in [0.2, 0.25) is 11.7 Å². The molecule has 1 fully saturated rings. The SMILES string of the molecule is Clc1ccc(C2(c3nc(-c4ccccn4)no3)CCOCC2)cc1. The number of halogens is 1. The van der Waals surface area contributed by atoms with E-state index in [0.717, 1.165) is 18.4 Å². The number of ether oxygens (including phenoxy) is 1. The molecule has 3 heterocycles. The van der Waals surface area contributed by atoms with Crippen molar-refractivity contribution in [1.29, 1.82) is 0 Å². The van der Waals surface area contributed by atoms with Crippen LogP contribution in [0.25, 0.3) is 11.5 Å². The van der Waals surface area contributed by atoms with Crippen LogP contribution in [0.4, 0.5) is 0 Å². The summed E-state index contributed by atoms with van der Waals surface area (Å²) in [5.74, 6) is 1.11. The molecule has 0 saturated carbocycles. The van der Waals surface area contributed by atoms with Gasteiger partial charge < -0.3 is 9.26 Å². The van der Waals surface area contributed by atoms with Crippen LogP contribution in [0.5, 0.6) is 0 Å². The van der Waals surface area contributed by atoms with Gasteiger partial charge >= 0.3 is 0 Å². The highest BCUT2D eigenvalue weighted by molar-refractivity contribution is 6.30. The normalized spacial score (nSPS) is 16.9. The van der Waals surface area contributed by atoms with E-state index in [2.05, 4.69) is 15.1 Å². The fraction of sp³-hybridized carbons (Fsp3) is 0.278. The largest absolute Gasteiger partial charge is 0.381 e. The summed E-state index contributed by atoms with van der Waals surface area (Å²) in [7, 11) is 0. The third-order valence-corrected chi connectivity index (χ3v) is 4.72. The van der Waals surface area contributed by atoms with Crippen molar-refractivity contribution in [3.05, 3.63) is 65.1 Å². The van der Waals surface area contributed by atoms with Gasteiger partial charge in [-0.25, -0.2) is 0 Å². The Morgan fingerprint density at radius 2 is 1.79 bits per heavy atom. The number of pyridine rings is 1. The van der Waals surface area contributed by atoms with Gasteiger partial charge in [-0.3, -0.25) is 4.98 Å². The number of hydrogen-bond acceptors (Lipinski definition) is 5. The van der Waals surface area contributed by atoms with Crippen LogP contribution in [0.3, 0.4) is 0 Å². The van der Waals surface area contributed by atoms with Gasteiger partial charge in [-0.15, -0.1) is 0 Å². The smallest absolute Gasteiger partial charge is 0.237 e. The van der Waals surface area contributed by atoms with E-state index in [1.807, 2.05) is 42.5 Å². The highest BCUT2D eigenvalue weighted by Gasteiger charge is 2.41. The minimum Gasteiger partial charge on any atom is -0.381 e. The Balaban J connectivity index is 1.77. The second-order valence-corrected chi connectivity index (χ2v) is 6.28. The third kappa shape index (κ3) is 2.70. The van der Waals surface area contributed by atoms with Crippen molar-refractivity contribution >= 4 is 11.6 Å². The first kappa shape index (κ1) is 15.3. The molecule has 0 N–H and O–H groups in total. The molecule has 0 atom stereocenters. The number of rotatable bonds is 3. The zero-order valence-corrected chi connectivity index (χ0v) is 13.7. The lowest BCUT2D eigenvalue weighted by atomic mass is 9.74. The Labute approximate surface area is 144 Å². The molecule has 24 heavy (non-hydrogen) atoms. The highest BCUT2D eigenvalue weighted by atomic mass is 35.5. The molecule has 3 aromatic rings. The molecule has 1 aliphatic rings. The predicted molar refractivity (Wildman–Crippen MR) is 89.8 cm³/mol. The molecule has 1 saturated heterocycles. The first-order valence-electron chi connectivity index (χ1n) is 7.87. The highest BCUT2D eigenvalue weighted by Crippen LogP contribution is 2.41. The fourth-order valence-corrected chi connectivity index (χ4v) is 3.26. The zero-order chi connectivity index (χ0) is 16.4. The number of benzene rings is 1. The molecule has 122 valence electrons. The molecule has 0 radical (unpaired) electrons. The van der Waals surface area contributed by atoms with Gasteiger partial charge in [-0.1, -0.05) is 35.0 Å². The lowest BCUT2D eigenvalue weighted by Gasteiger charge is -2.34. The molecule has 4 rings (SSSR count). The maximum absolute atomic E-state index is 6.04. The Morgan fingerprint density at radius 1 is 1.00 bits per heavy atom. The maximum atomic E-state index is 6.04. The second-order valence-electron chi connectivity index (χ2n) is 5.84. The van der Waals surface area contributed by atoms with Crippen molar-refractivity contribution < 1.29 is 9.26 Å². The monoisotopic (exact) mass is 341 g/mol. The van der Waals surface area contributed by atoms with Crippen LogP contribution in [0.15, 0.2) is 53.2 Å². The molecule has 0 bridgehead atoms. The first-order valence-corrected chi connectivity index (χ1v) is 8.25. The quantitative estimate of drug-likeness (QED) is 0.723. The molecule has 2 aromatic heterocycles. The first-order chi connectivity index (χ1) is 11.8. The topological polar surface area (TPSA) is 61.0 Å². The van der Waals surface area contributed by atoms with E-state index in [0.29, 0.717) is 35.6 Å². The summed E-state index contributed by atoms with van der Waals surface area (Å²) in [6.07, 6.45) is 3.30. The summed E-state index contributed by atoms with van der Waals surface area (Å²) in [5.41, 5.74) is 1.47. The molecule has 0 aliphatic carbocycles. The van der Waals surface area contributed by atoms with Gasteiger partial charge in [0.05, 0.1) is 5.41 Å². The van der Waals surface area contributed by atoms with E-state index in [-0.39, 0.29) is 5.41 Å². The summed E-state index contributed by atoms with van der Waals surface area (Å²) < 4.78 is 11.2. The van der Waals surface area contributed by atoms with Gasteiger partial charge in [0.15, 0.2) is 0 Å². The van der Waals surface area contributed by atoms with Crippen LogP contribution in [0.1, 0.15) is 24.3 Å². The van der Waals surface area contributed by atoms with Crippen molar-refractivity contribution in [3.8, 4) is 11.5 Å². The van der Waals surface area contributed by atoms with Crippen LogP contribution in [0, 0.1) is 0 Å². The average molecular weight is 342 g/mol. The van der Waals surface area contributed by atoms with E-state index in [1.165, 1.54) is 0 Å². The van der Waals surface area contributed by atoms with E-state index in [1.54, 1.807) is 6.20 Å². The summed E-state index contributed by atoms with van der Waals surface area (Å²) >= 11 is 6.04. The number of nitrogens with zero attached hydrogens (tertiary/aromatic N) is 3. The molecule has 0 spiro atoms. The molecule has 5 nitrogen and oxygen atoms in total. The summed E-state index contributed by atoms with van der Waals surface area (Å²) in [6, 6.07) is 13.5. The molecular weight excluding hydrogens is 326 g/mol. The standard InChI is InChI=1S/C18H16ClN3O2/c19-14-6-4-13(5-7-14)18(8-11-23-12-9-18)17-21-16(22-24-17)15-3-1-2-10-20-15/h1-7,10H,8-9,11-12H2. The second kappa shape index (κ2) is 6.34. The molecule has 0 amide bonds. The number of hydrogen-bond donors (Lipinski definition) is 0. The summed E-state index contributed by atoms with van der Waals surface area (Å²) in [6.45, 7) is 1.31. The summed E-state index contributed by atoms with van der Waals surface area (Å²) in [5, 5.41) is 4.84. The number of aromatic nitrogens is 3. The van der Waals surface area contributed by atoms with Crippen LogP contribution in [-0.4, -0.2) is 28.3 Å². The van der Waals surface area contributed by atoms with Crippen LogP contribution in [0.2, 0.25) is 5.02 Å². The van der Waals surface area contributed by atoms with Gasteiger partial charge in [-0.05, 0) is 42.7 Å². The Hall–Kier alpha value is -2.24. The van der Waals surface area contributed by atoms with Gasteiger partial charge in [0.1, 0.15) is 5.69 Å². The molecular formula is C18H16ClN3O2. The average Bonchev–Trinajstić information content (AvgIpc) is 3.14. The van der Waals surface area contributed by atoms with E-state index >= 15 is 0 Å². The van der Waals surface area contributed by atoms with Crippen molar-refractivity contribution in [3.63, 3.8) is 0 Å². The minimum atomic E-state index is -0.344. The minimum absolute atomic E-state index is 0.344. The summed E-state index contributed by atoms with van der Waals surface area (Å²) in [4.78, 5) is 8.93. The van der Waals surface area contributed by atoms with E-state index < -0.39 is 0 Å². The molecule has 1 aromatic carbocycles. The van der Waals surface area contributed by atoms with Crippen LogP contribution < -0.4 is 0 Å². The van der Waals surface area contributed by atoms with Crippen LogP contribution in [-0.2, 0) is 10.2 Å². The molecule has 1 aliphatic heterocycles. The lowest BCUT2D eigenvalue weighted by Crippen LogP contribution is -2.35. The molecule has 0 unspecified atom stereocenters. The van der Waals surface area contributed by atoms with Gasteiger partial charge in [0, 0.05) is 24.4 Å². The predicted octanol–water partition coefficient (Wildman–Crippen LogP) is 3.88. The Kier molecular flexibility index (Phi) is 4.04. The van der Waals surface area contributed by atoms with E-state index in [4.69, 9.17) is 20.9 Å². The van der Waals surface area contributed by atoms with E-state index in [9.17, 15) is 0 Å². The van der Waals surface area contributed by atoms with Gasteiger partial charge in [-0.2, -0.15) is 4.98 Å². The zero-order valence-electron chi connectivity index (χ0n) is 13.0. The van der Waals surface area contributed by atoms with Crippen molar-refractivity contribution in [2.45, 2.75) is 18.3 Å².